The summed E-state index contributed by atoms with van der Waals surface area (Å²) in [7, 11) is 3.54. The fraction of sp³-hybridized carbons (Fsp3) is 0.444. The summed E-state index contributed by atoms with van der Waals surface area (Å²) in [5.74, 6) is -0.914. The number of ether oxygens (including phenoxy) is 1. The van der Waals surface area contributed by atoms with E-state index in [1.54, 1.807) is 0 Å². The quantitative estimate of drug-likeness (QED) is 0.121. The van der Waals surface area contributed by atoms with Crippen LogP contribution in [-0.2, 0) is 9.53 Å². The molecule has 7 heteroatoms. The Morgan fingerprint density at radius 2 is 1.80 bits per heavy atom. The summed E-state index contributed by atoms with van der Waals surface area (Å²) in [6.45, 7) is 2.46. The summed E-state index contributed by atoms with van der Waals surface area (Å²) < 4.78 is 5.18. The van der Waals surface area contributed by atoms with E-state index in [1.807, 2.05) is 0 Å². The van der Waals surface area contributed by atoms with Gasteiger partial charge in [0.05, 0.1) is 6.61 Å². The number of nitrogens with two attached hydrogens (primary N) is 1. The van der Waals surface area contributed by atoms with Crippen molar-refractivity contribution in [1.29, 1.82) is 0 Å². The van der Waals surface area contributed by atoms with Crippen LogP contribution in [-0.4, -0.2) is 22.9 Å². The third-order valence-corrected chi connectivity index (χ3v) is 3.82. The Balaban J connectivity index is 2.59. The molecule has 0 radical (unpaired) electrons. The van der Waals surface area contributed by atoms with Crippen molar-refractivity contribution in [2.24, 2.45) is 0 Å². The number of carbonyl (C=O) groups excluding carboxylic acids is 1. The predicted octanol–water partition coefficient (Wildman–Crippen LogP) is 1.58. The van der Waals surface area contributed by atoms with Gasteiger partial charge in [-0.2, -0.15) is 5.23 Å². The summed E-state index contributed by atoms with van der Waals surface area (Å²) >= 11 is 0. The number of aliphatic hydroxyl groups is 1. The van der Waals surface area contributed by atoms with Crippen molar-refractivity contribution in [3.63, 3.8) is 0 Å². The molecule has 0 spiro atoms. The van der Waals surface area contributed by atoms with Gasteiger partial charge in [-0.1, -0.05) is 39.0 Å². The second-order valence-electron chi connectivity index (χ2n) is 5.75. The van der Waals surface area contributed by atoms with Crippen LogP contribution in [0.25, 0.3) is 5.76 Å². The molecule has 0 aliphatic rings. The minimum atomic E-state index is -1.06. The molecule has 1 atom stereocenters. The van der Waals surface area contributed by atoms with Gasteiger partial charge in [-0.3, -0.25) is 0 Å². The third kappa shape index (κ3) is 7.23. The van der Waals surface area contributed by atoms with Gasteiger partial charge in [0.15, 0.2) is 11.4 Å². The van der Waals surface area contributed by atoms with E-state index in [4.69, 9.17) is 9.94 Å². The molecule has 25 heavy (non-hydrogen) atoms. The van der Waals surface area contributed by atoms with E-state index in [-0.39, 0.29) is 17.1 Å². The summed E-state index contributed by atoms with van der Waals surface area (Å²) in [6.07, 6.45) is 6.51. The SMILES string of the molecule is [CH2-][NH2+]/C(C(=O)OCCCCCCCC)=C(/O)c1ccc([NH+]([O-])O)cc1. The van der Waals surface area contributed by atoms with Gasteiger partial charge in [-0.25, -0.2) is 10.0 Å². The Hall–Kier alpha value is -1.93. The van der Waals surface area contributed by atoms with Crippen molar-refractivity contribution < 1.29 is 30.4 Å². The molecule has 1 aromatic rings. The summed E-state index contributed by atoms with van der Waals surface area (Å²) in [5, 5.41) is 30.1. The molecule has 1 unspecified atom stereocenters. The molecule has 0 saturated heterocycles. The Kier molecular flexibility index (Phi) is 9.79. The standard InChI is InChI=1S/C18H28N2O5/c1-3-4-5-6-7-8-13-25-18(22)16(19-2)17(21)14-9-11-15(12-10-14)20(23)24/h9-12,20-21,23H,2-8,13,19H2,1H3/b17-16+. The minimum absolute atomic E-state index is 0.0333. The number of esters is 1. The average molecular weight is 352 g/mol. The molecule has 1 aromatic carbocycles. The molecular weight excluding hydrogens is 324 g/mol. The van der Waals surface area contributed by atoms with Crippen LogP contribution in [0, 0.1) is 12.3 Å². The molecule has 0 amide bonds. The first-order valence-electron chi connectivity index (χ1n) is 8.57. The van der Waals surface area contributed by atoms with Crippen LogP contribution < -0.4 is 10.5 Å². The largest absolute Gasteiger partial charge is 0.595 e. The first-order valence-corrected chi connectivity index (χ1v) is 8.57. The summed E-state index contributed by atoms with van der Waals surface area (Å²) in [5.41, 5.74) is 0.396. The number of nitrogens with one attached hydrogen (secondary N) is 1. The molecule has 1 rings (SSSR count). The van der Waals surface area contributed by atoms with Gasteiger partial charge in [-0.15, -0.1) is 7.05 Å². The highest BCUT2D eigenvalue weighted by molar-refractivity contribution is 5.92. The van der Waals surface area contributed by atoms with E-state index in [9.17, 15) is 15.1 Å². The lowest BCUT2D eigenvalue weighted by Gasteiger charge is -2.12. The second-order valence-corrected chi connectivity index (χ2v) is 5.75. The lowest BCUT2D eigenvalue weighted by Crippen LogP contribution is -2.99. The van der Waals surface area contributed by atoms with Crippen molar-refractivity contribution in [2.45, 2.75) is 45.4 Å². The molecule has 140 valence electrons. The first-order chi connectivity index (χ1) is 12.0. The minimum Gasteiger partial charge on any atom is -0.595 e. The van der Waals surface area contributed by atoms with Gasteiger partial charge >= 0.3 is 5.97 Å². The Morgan fingerprint density at radius 3 is 2.36 bits per heavy atom. The lowest BCUT2D eigenvalue weighted by atomic mass is 10.1. The first kappa shape index (κ1) is 21.1. The molecule has 0 heterocycles. The van der Waals surface area contributed by atoms with Crippen LogP contribution in [0.5, 0.6) is 0 Å². The van der Waals surface area contributed by atoms with E-state index in [2.05, 4.69) is 14.0 Å². The zero-order valence-corrected chi connectivity index (χ0v) is 14.7. The van der Waals surface area contributed by atoms with Crippen LogP contribution >= 0.6 is 0 Å². The fourth-order valence-corrected chi connectivity index (χ4v) is 2.33. The molecule has 0 aliphatic heterocycles. The van der Waals surface area contributed by atoms with Gasteiger partial charge in [-0.05, 0) is 18.6 Å². The molecule has 7 nitrogen and oxygen atoms in total. The van der Waals surface area contributed by atoms with Crippen LogP contribution in [0.2, 0.25) is 0 Å². The van der Waals surface area contributed by atoms with E-state index in [0.717, 1.165) is 19.3 Å². The van der Waals surface area contributed by atoms with E-state index < -0.39 is 11.2 Å². The highest BCUT2D eigenvalue weighted by Gasteiger charge is 2.19. The zero-order chi connectivity index (χ0) is 18.7. The van der Waals surface area contributed by atoms with Gasteiger partial charge in [0.25, 0.3) is 0 Å². The van der Waals surface area contributed by atoms with Gasteiger partial charge in [0, 0.05) is 17.7 Å². The van der Waals surface area contributed by atoms with Crippen molar-refractivity contribution in [2.75, 3.05) is 6.61 Å². The Bertz CT molecular complexity index is 555. The molecule has 0 aliphatic carbocycles. The van der Waals surface area contributed by atoms with Crippen molar-refractivity contribution >= 4 is 17.4 Å². The van der Waals surface area contributed by atoms with Crippen molar-refractivity contribution in [1.82, 2.24) is 0 Å². The normalized spacial score (nSPS) is 13.3. The number of carbonyl (C=O) groups is 1. The number of benzene rings is 1. The van der Waals surface area contributed by atoms with Gasteiger partial charge < -0.3 is 20.4 Å². The number of aliphatic hydroxyl groups excluding tert-OH is 1. The lowest BCUT2D eigenvalue weighted by molar-refractivity contribution is -0.991. The van der Waals surface area contributed by atoms with Gasteiger partial charge in [0.2, 0.25) is 5.70 Å². The maximum atomic E-state index is 12.1. The smallest absolute Gasteiger partial charge is 0.394 e. The highest BCUT2D eigenvalue weighted by Crippen LogP contribution is 2.15. The van der Waals surface area contributed by atoms with Crippen LogP contribution in [0.3, 0.4) is 0 Å². The molecule has 5 N–H and O–H groups in total. The molecule has 0 saturated carbocycles. The van der Waals surface area contributed by atoms with Crippen molar-refractivity contribution in [3.05, 3.63) is 47.8 Å². The number of unbranched alkanes of at least 4 members (excludes halogenated alkanes) is 5. The van der Waals surface area contributed by atoms with E-state index in [0.29, 0.717) is 12.2 Å². The van der Waals surface area contributed by atoms with Crippen LogP contribution in [0.15, 0.2) is 30.0 Å². The number of quaternary nitrogens is 2. The van der Waals surface area contributed by atoms with Gasteiger partial charge in [0.1, 0.15) is 0 Å². The maximum Gasteiger partial charge on any atom is 0.394 e. The maximum absolute atomic E-state index is 12.1. The zero-order valence-electron chi connectivity index (χ0n) is 14.7. The summed E-state index contributed by atoms with van der Waals surface area (Å²) in [4.78, 5) is 12.1. The third-order valence-electron chi connectivity index (χ3n) is 3.82. The average Bonchev–Trinajstić information content (AvgIpc) is 2.61. The number of hydrogen-bond acceptors (Lipinski definition) is 5. The Morgan fingerprint density at radius 1 is 1.20 bits per heavy atom. The summed E-state index contributed by atoms with van der Waals surface area (Å²) in [6, 6.07) is 5.58. The Labute approximate surface area is 148 Å². The number of rotatable bonds is 11. The highest BCUT2D eigenvalue weighted by atomic mass is 16.8. The molecule has 0 aromatic heterocycles. The number of hydrogen-bond donors (Lipinski definition) is 4. The second kappa shape index (κ2) is 11.6. The molecule has 0 bridgehead atoms. The topological polar surface area (TPSA) is 111 Å². The van der Waals surface area contributed by atoms with E-state index in [1.165, 1.54) is 48.8 Å². The van der Waals surface area contributed by atoms with E-state index >= 15 is 0 Å². The predicted molar refractivity (Wildman–Crippen MR) is 93.4 cm³/mol. The van der Waals surface area contributed by atoms with Crippen molar-refractivity contribution in [3.8, 4) is 0 Å². The fourth-order valence-electron chi connectivity index (χ4n) is 2.33. The molecular formula is C18H28N2O5. The van der Waals surface area contributed by atoms with Crippen LogP contribution in [0.4, 0.5) is 5.69 Å². The van der Waals surface area contributed by atoms with Crippen LogP contribution in [0.1, 0.15) is 51.0 Å². The molecule has 0 fully saturated rings. The monoisotopic (exact) mass is 352 g/mol.